The Bertz CT molecular complexity index is 368. The third-order valence-electron chi connectivity index (χ3n) is 1.96. The molecule has 1 heterocycles. The van der Waals surface area contributed by atoms with E-state index in [1.807, 2.05) is 34.6 Å². The monoisotopic (exact) mass is 224 g/mol. The van der Waals surface area contributed by atoms with Crippen LogP contribution in [0.4, 0.5) is 0 Å². The predicted octanol–water partition coefficient (Wildman–Crippen LogP) is 1.49. The zero-order chi connectivity index (χ0) is 12.3. The van der Waals surface area contributed by atoms with Crippen molar-refractivity contribution in [2.75, 3.05) is 0 Å². The molecule has 1 aromatic heterocycles. The van der Waals surface area contributed by atoms with Crippen LogP contribution in [-0.2, 0) is 6.54 Å². The molecule has 0 bridgehead atoms. The van der Waals surface area contributed by atoms with Gasteiger partial charge in [0, 0.05) is 5.54 Å². The lowest BCUT2D eigenvalue weighted by Crippen LogP contribution is -2.44. The number of aliphatic imine (C=N–C) groups is 1. The molecule has 0 aliphatic carbocycles. The first-order valence-electron chi connectivity index (χ1n) is 5.29. The van der Waals surface area contributed by atoms with Gasteiger partial charge in [-0.05, 0) is 34.6 Å². The second-order valence-electron chi connectivity index (χ2n) is 4.83. The molecular formula is C11H20N4O. The van der Waals surface area contributed by atoms with Gasteiger partial charge in [-0.2, -0.15) is 0 Å². The first-order valence-corrected chi connectivity index (χ1v) is 5.29. The van der Waals surface area contributed by atoms with Gasteiger partial charge in [0.25, 0.3) is 0 Å². The van der Waals surface area contributed by atoms with Crippen LogP contribution in [-0.4, -0.2) is 16.5 Å². The minimum absolute atomic E-state index is 0.0873. The molecule has 0 saturated heterocycles. The molecule has 0 atom stereocenters. The van der Waals surface area contributed by atoms with Gasteiger partial charge in [-0.15, -0.1) is 0 Å². The van der Waals surface area contributed by atoms with E-state index in [4.69, 9.17) is 10.2 Å². The summed E-state index contributed by atoms with van der Waals surface area (Å²) in [6.45, 7) is 10.2. The highest BCUT2D eigenvalue weighted by molar-refractivity contribution is 5.78. The Morgan fingerprint density at radius 1 is 1.44 bits per heavy atom. The van der Waals surface area contributed by atoms with Gasteiger partial charge in [-0.3, -0.25) is 0 Å². The molecule has 0 aliphatic heterocycles. The molecule has 0 amide bonds. The van der Waals surface area contributed by atoms with E-state index in [0.29, 0.717) is 18.4 Å². The smallest absolute Gasteiger partial charge is 0.216 e. The molecule has 0 radical (unpaired) electrons. The fourth-order valence-corrected chi connectivity index (χ4v) is 1.18. The van der Waals surface area contributed by atoms with Crippen LogP contribution in [0.15, 0.2) is 9.41 Å². The number of nitrogens with one attached hydrogen (secondary N) is 1. The van der Waals surface area contributed by atoms with Crippen molar-refractivity contribution in [2.24, 2.45) is 10.7 Å². The first-order chi connectivity index (χ1) is 7.28. The normalized spacial score (nSPS) is 12.9. The molecule has 16 heavy (non-hydrogen) atoms. The lowest BCUT2D eigenvalue weighted by Gasteiger charge is -2.20. The van der Waals surface area contributed by atoms with Gasteiger partial charge in [-0.1, -0.05) is 0 Å². The van der Waals surface area contributed by atoms with Crippen LogP contribution in [0, 0.1) is 13.8 Å². The average molecular weight is 224 g/mol. The van der Waals surface area contributed by atoms with Crippen LogP contribution < -0.4 is 11.1 Å². The zero-order valence-corrected chi connectivity index (χ0v) is 10.6. The molecule has 0 aliphatic rings. The fraction of sp³-hybridized carbons (Fsp3) is 0.636. The number of aromatic nitrogens is 1. The molecular weight excluding hydrogens is 204 g/mol. The number of hydrogen-bond donors (Lipinski definition) is 2. The average Bonchev–Trinajstić information content (AvgIpc) is 2.40. The van der Waals surface area contributed by atoms with Gasteiger partial charge in [-0.25, -0.2) is 9.98 Å². The predicted molar refractivity (Wildman–Crippen MR) is 64.2 cm³/mol. The third kappa shape index (κ3) is 3.92. The van der Waals surface area contributed by atoms with E-state index in [-0.39, 0.29) is 5.54 Å². The van der Waals surface area contributed by atoms with Crippen molar-refractivity contribution in [1.29, 1.82) is 0 Å². The van der Waals surface area contributed by atoms with Crippen LogP contribution in [0.5, 0.6) is 0 Å². The molecule has 0 saturated carbocycles. The van der Waals surface area contributed by atoms with Gasteiger partial charge < -0.3 is 15.5 Å². The zero-order valence-electron chi connectivity index (χ0n) is 10.6. The maximum absolute atomic E-state index is 5.72. The summed E-state index contributed by atoms with van der Waals surface area (Å²) in [6, 6.07) is 0. The Labute approximate surface area is 96.1 Å². The van der Waals surface area contributed by atoms with E-state index in [1.165, 1.54) is 0 Å². The van der Waals surface area contributed by atoms with E-state index in [9.17, 15) is 0 Å². The lowest BCUT2D eigenvalue weighted by molar-refractivity contribution is 0.470. The van der Waals surface area contributed by atoms with Crippen LogP contribution in [0.25, 0.3) is 0 Å². The molecule has 5 heteroatoms. The van der Waals surface area contributed by atoms with Crippen molar-refractivity contribution in [3.63, 3.8) is 0 Å². The Morgan fingerprint density at radius 2 is 2.06 bits per heavy atom. The van der Waals surface area contributed by atoms with Gasteiger partial charge >= 0.3 is 0 Å². The van der Waals surface area contributed by atoms with Crippen molar-refractivity contribution in [3.8, 4) is 0 Å². The van der Waals surface area contributed by atoms with E-state index in [1.54, 1.807) is 0 Å². The Kier molecular flexibility index (Phi) is 3.57. The second-order valence-corrected chi connectivity index (χ2v) is 4.83. The highest BCUT2D eigenvalue weighted by Gasteiger charge is 2.10. The molecule has 0 fully saturated rings. The van der Waals surface area contributed by atoms with E-state index in [0.717, 1.165) is 11.5 Å². The number of hydrogen-bond acceptors (Lipinski definition) is 3. The molecule has 1 rings (SSSR count). The number of nitrogens with two attached hydrogens (primary N) is 1. The Balaban J connectivity index is 2.59. The largest absolute Gasteiger partial charge is 0.444 e. The van der Waals surface area contributed by atoms with Crippen LogP contribution in [0.1, 0.15) is 38.1 Å². The molecule has 5 nitrogen and oxygen atoms in total. The standard InChI is InChI=1S/C11H20N4O/c1-7-8(2)16-9(14-7)6-13-10(12)15-11(3,4)5/h6H2,1-5H3,(H3,12,13,15). The number of oxazole rings is 1. The lowest BCUT2D eigenvalue weighted by atomic mass is 10.1. The Hall–Kier alpha value is -1.52. The van der Waals surface area contributed by atoms with Crippen molar-refractivity contribution in [3.05, 3.63) is 17.3 Å². The highest BCUT2D eigenvalue weighted by atomic mass is 16.4. The fourth-order valence-electron chi connectivity index (χ4n) is 1.18. The third-order valence-corrected chi connectivity index (χ3v) is 1.96. The number of aryl methyl sites for hydroxylation is 2. The summed E-state index contributed by atoms with van der Waals surface area (Å²) in [6.07, 6.45) is 0. The molecule has 1 aromatic rings. The van der Waals surface area contributed by atoms with E-state index >= 15 is 0 Å². The summed E-state index contributed by atoms with van der Waals surface area (Å²) in [7, 11) is 0. The van der Waals surface area contributed by atoms with Crippen molar-refractivity contribution >= 4 is 5.96 Å². The van der Waals surface area contributed by atoms with Crippen molar-refractivity contribution < 1.29 is 4.42 Å². The van der Waals surface area contributed by atoms with Crippen LogP contribution in [0.2, 0.25) is 0 Å². The van der Waals surface area contributed by atoms with Gasteiger partial charge in [0.2, 0.25) is 5.89 Å². The summed E-state index contributed by atoms with van der Waals surface area (Å²) >= 11 is 0. The summed E-state index contributed by atoms with van der Waals surface area (Å²) in [5.74, 6) is 1.82. The summed E-state index contributed by atoms with van der Waals surface area (Å²) in [5.41, 5.74) is 6.53. The van der Waals surface area contributed by atoms with Gasteiger partial charge in [0.15, 0.2) is 5.96 Å². The Morgan fingerprint density at radius 3 is 2.50 bits per heavy atom. The molecule has 0 unspecified atom stereocenters. The molecule has 3 N–H and O–H groups in total. The maximum Gasteiger partial charge on any atom is 0.216 e. The summed E-state index contributed by atoms with van der Waals surface area (Å²) < 4.78 is 5.39. The van der Waals surface area contributed by atoms with Crippen molar-refractivity contribution in [2.45, 2.75) is 46.7 Å². The van der Waals surface area contributed by atoms with E-state index < -0.39 is 0 Å². The first kappa shape index (κ1) is 12.5. The molecule has 90 valence electrons. The quantitative estimate of drug-likeness (QED) is 0.589. The second kappa shape index (κ2) is 4.55. The van der Waals surface area contributed by atoms with Gasteiger partial charge in [0.05, 0.1) is 5.69 Å². The van der Waals surface area contributed by atoms with E-state index in [2.05, 4.69) is 15.3 Å². The number of rotatable bonds is 2. The minimum atomic E-state index is -0.0873. The number of nitrogens with zero attached hydrogens (tertiary/aromatic N) is 2. The van der Waals surface area contributed by atoms with Crippen LogP contribution in [0.3, 0.4) is 0 Å². The van der Waals surface area contributed by atoms with Crippen molar-refractivity contribution in [1.82, 2.24) is 10.3 Å². The SMILES string of the molecule is Cc1nc(CN=C(N)NC(C)(C)C)oc1C. The minimum Gasteiger partial charge on any atom is -0.444 e. The molecule has 0 aromatic carbocycles. The molecule has 0 spiro atoms. The summed E-state index contributed by atoms with van der Waals surface area (Å²) in [4.78, 5) is 8.38. The number of guanidine groups is 1. The topological polar surface area (TPSA) is 76.4 Å². The summed E-state index contributed by atoms with van der Waals surface area (Å²) in [5, 5.41) is 3.07. The highest BCUT2D eigenvalue weighted by Crippen LogP contribution is 2.08. The van der Waals surface area contributed by atoms with Gasteiger partial charge in [0.1, 0.15) is 12.3 Å². The maximum atomic E-state index is 5.72. The van der Waals surface area contributed by atoms with Crippen LogP contribution >= 0.6 is 0 Å².